The van der Waals surface area contributed by atoms with Crippen LogP contribution in [0.2, 0.25) is 0 Å². The van der Waals surface area contributed by atoms with Crippen molar-refractivity contribution in [3.05, 3.63) is 24.2 Å². The fourth-order valence-corrected chi connectivity index (χ4v) is 1.34. The van der Waals surface area contributed by atoms with Gasteiger partial charge >= 0.3 is 5.97 Å². The van der Waals surface area contributed by atoms with Gasteiger partial charge in [-0.25, -0.2) is 0 Å². The Hall–Kier alpha value is -2.31. The van der Waals surface area contributed by atoms with Gasteiger partial charge in [0.05, 0.1) is 11.8 Å². The van der Waals surface area contributed by atoms with Crippen LogP contribution in [-0.2, 0) is 9.59 Å². The quantitative estimate of drug-likeness (QED) is 0.591. The van der Waals surface area contributed by atoms with Crippen LogP contribution >= 0.6 is 0 Å². The molecule has 2 amide bonds. The molecule has 0 aliphatic rings. The number of carboxylic acids is 1. The molecule has 3 N–H and O–H groups in total. The molecule has 7 heteroatoms. The summed E-state index contributed by atoms with van der Waals surface area (Å²) in [6.45, 7) is 0.537. The maximum absolute atomic E-state index is 11.5. The van der Waals surface area contributed by atoms with Crippen LogP contribution < -0.4 is 10.6 Å². The number of hydrogen-bond acceptors (Lipinski definition) is 4. The smallest absolute Gasteiger partial charge is 0.303 e. The molecule has 19 heavy (non-hydrogen) atoms. The molecule has 7 nitrogen and oxygen atoms in total. The first kappa shape index (κ1) is 14.7. The first-order valence-electron chi connectivity index (χ1n) is 5.88. The molecular weight excluding hydrogens is 252 g/mol. The lowest BCUT2D eigenvalue weighted by atomic mass is 10.3. The van der Waals surface area contributed by atoms with E-state index in [2.05, 4.69) is 10.6 Å². The summed E-state index contributed by atoms with van der Waals surface area (Å²) in [5.74, 6) is -1.41. The van der Waals surface area contributed by atoms with Crippen LogP contribution in [0, 0.1) is 0 Å². The minimum atomic E-state index is -0.887. The highest BCUT2D eigenvalue weighted by atomic mass is 16.4. The van der Waals surface area contributed by atoms with Crippen molar-refractivity contribution in [2.45, 2.75) is 19.3 Å². The van der Waals surface area contributed by atoms with Gasteiger partial charge in [-0.15, -0.1) is 0 Å². The average Bonchev–Trinajstić information content (AvgIpc) is 2.88. The number of carboxylic acid groups (broad SMARTS) is 1. The van der Waals surface area contributed by atoms with Crippen molar-refractivity contribution >= 4 is 17.8 Å². The summed E-state index contributed by atoms with van der Waals surface area (Å²) in [7, 11) is 0. The van der Waals surface area contributed by atoms with Gasteiger partial charge in [-0.3, -0.25) is 14.4 Å². The molecule has 0 saturated heterocycles. The molecule has 1 aromatic rings. The lowest BCUT2D eigenvalue weighted by Gasteiger charge is -2.05. The summed E-state index contributed by atoms with van der Waals surface area (Å²) >= 11 is 0. The highest BCUT2D eigenvalue weighted by Gasteiger charge is 2.07. The van der Waals surface area contributed by atoms with Crippen molar-refractivity contribution < 1.29 is 23.9 Å². The Morgan fingerprint density at radius 3 is 2.58 bits per heavy atom. The molecule has 0 bridgehead atoms. The summed E-state index contributed by atoms with van der Waals surface area (Å²) in [5.41, 5.74) is 0.405. The SMILES string of the molecule is O=C(O)CCCNC(=O)CCNC(=O)c1ccoc1. The standard InChI is InChI=1S/C12H16N2O5/c15-10(13-5-1-2-11(16)17)3-6-14-12(18)9-4-7-19-8-9/h4,7-8H,1-3,5-6H2,(H,13,15)(H,14,18)(H,16,17). The molecule has 0 saturated carbocycles. The van der Waals surface area contributed by atoms with E-state index < -0.39 is 5.97 Å². The fourth-order valence-electron chi connectivity index (χ4n) is 1.34. The summed E-state index contributed by atoms with van der Waals surface area (Å²) in [6, 6.07) is 1.53. The Morgan fingerprint density at radius 2 is 1.95 bits per heavy atom. The zero-order valence-electron chi connectivity index (χ0n) is 10.3. The molecule has 0 aromatic carbocycles. The van der Waals surface area contributed by atoms with Crippen molar-refractivity contribution in [3.8, 4) is 0 Å². The highest BCUT2D eigenvalue weighted by molar-refractivity contribution is 5.94. The maximum atomic E-state index is 11.5. The van der Waals surface area contributed by atoms with E-state index in [4.69, 9.17) is 9.52 Å². The van der Waals surface area contributed by atoms with E-state index >= 15 is 0 Å². The molecule has 104 valence electrons. The minimum absolute atomic E-state index is 0.0253. The van der Waals surface area contributed by atoms with Gasteiger partial charge in [-0.05, 0) is 12.5 Å². The minimum Gasteiger partial charge on any atom is -0.481 e. The van der Waals surface area contributed by atoms with E-state index in [1.807, 2.05) is 0 Å². The number of rotatable bonds is 8. The zero-order valence-corrected chi connectivity index (χ0v) is 10.3. The van der Waals surface area contributed by atoms with Crippen LogP contribution in [0.1, 0.15) is 29.6 Å². The third-order valence-electron chi connectivity index (χ3n) is 2.31. The molecule has 0 unspecified atom stereocenters. The van der Waals surface area contributed by atoms with E-state index in [1.54, 1.807) is 0 Å². The van der Waals surface area contributed by atoms with Crippen molar-refractivity contribution in [2.75, 3.05) is 13.1 Å². The largest absolute Gasteiger partial charge is 0.481 e. The number of aliphatic carboxylic acids is 1. The number of hydrogen-bond donors (Lipinski definition) is 3. The van der Waals surface area contributed by atoms with Gasteiger partial charge < -0.3 is 20.2 Å². The van der Waals surface area contributed by atoms with Crippen LogP contribution in [0.4, 0.5) is 0 Å². The van der Waals surface area contributed by atoms with E-state index in [-0.39, 0.29) is 31.2 Å². The lowest BCUT2D eigenvalue weighted by molar-refractivity contribution is -0.137. The van der Waals surface area contributed by atoms with Crippen LogP contribution in [0.25, 0.3) is 0 Å². The highest BCUT2D eigenvalue weighted by Crippen LogP contribution is 1.98. The van der Waals surface area contributed by atoms with Gasteiger partial charge in [-0.1, -0.05) is 0 Å². The first-order chi connectivity index (χ1) is 9.09. The van der Waals surface area contributed by atoms with Gasteiger partial charge in [0, 0.05) is 25.9 Å². The topological polar surface area (TPSA) is 109 Å². The molecule has 1 rings (SSSR count). The molecule has 0 aliphatic carbocycles. The van der Waals surface area contributed by atoms with Crippen molar-refractivity contribution in [1.82, 2.24) is 10.6 Å². The van der Waals surface area contributed by atoms with Gasteiger partial charge in [0.15, 0.2) is 0 Å². The molecule has 0 atom stereocenters. The third-order valence-corrected chi connectivity index (χ3v) is 2.31. The van der Waals surface area contributed by atoms with E-state index in [0.29, 0.717) is 18.5 Å². The summed E-state index contributed by atoms with van der Waals surface area (Å²) in [6.07, 6.45) is 3.28. The van der Waals surface area contributed by atoms with Crippen LogP contribution in [0.15, 0.2) is 23.0 Å². The monoisotopic (exact) mass is 268 g/mol. The number of furan rings is 1. The Labute approximate surface area is 110 Å². The number of amides is 2. The Bertz CT molecular complexity index is 427. The van der Waals surface area contributed by atoms with Gasteiger partial charge in [0.2, 0.25) is 5.91 Å². The number of nitrogens with one attached hydrogen (secondary N) is 2. The zero-order chi connectivity index (χ0) is 14.1. The molecular formula is C12H16N2O5. The van der Waals surface area contributed by atoms with Crippen molar-refractivity contribution in [2.24, 2.45) is 0 Å². The average molecular weight is 268 g/mol. The first-order valence-corrected chi connectivity index (χ1v) is 5.88. The third kappa shape index (κ3) is 6.25. The lowest BCUT2D eigenvalue weighted by Crippen LogP contribution is -2.31. The number of carbonyl (C=O) groups is 3. The predicted molar refractivity (Wildman–Crippen MR) is 65.5 cm³/mol. The molecule has 1 aromatic heterocycles. The second kappa shape index (κ2) is 7.91. The normalized spacial score (nSPS) is 9.89. The van der Waals surface area contributed by atoms with Crippen LogP contribution in [0.5, 0.6) is 0 Å². The van der Waals surface area contributed by atoms with Gasteiger partial charge in [0.1, 0.15) is 6.26 Å². The Morgan fingerprint density at radius 1 is 1.16 bits per heavy atom. The maximum Gasteiger partial charge on any atom is 0.303 e. The van der Waals surface area contributed by atoms with E-state index in [1.165, 1.54) is 18.6 Å². The van der Waals surface area contributed by atoms with E-state index in [9.17, 15) is 14.4 Å². The summed E-state index contributed by atoms with van der Waals surface area (Å²) < 4.78 is 4.76. The molecule has 0 radical (unpaired) electrons. The van der Waals surface area contributed by atoms with E-state index in [0.717, 1.165) is 0 Å². The van der Waals surface area contributed by atoms with Crippen LogP contribution in [0.3, 0.4) is 0 Å². The Balaban J connectivity index is 2.07. The molecule has 0 fully saturated rings. The fraction of sp³-hybridized carbons (Fsp3) is 0.417. The van der Waals surface area contributed by atoms with Crippen LogP contribution in [-0.4, -0.2) is 36.0 Å². The van der Waals surface area contributed by atoms with Gasteiger partial charge in [-0.2, -0.15) is 0 Å². The second-order valence-corrected chi connectivity index (χ2v) is 3.87. The molecule has 0 spiro atoms. The Kier molecular flexibility index (Phi) is 6.14. The second-order valence-electron chi connectivity index (χ2n) is 3.87. The summed E-state index contributed by atoms with van der Waals surface area (Å²) in [5, 5.41) is 13.5. The van der Waals surface area contributed by atoms with Crippen molar-refractivity contribution in [3.63, 3.8) is 0 Å². The van der Waals surface area contributed by atoms with Gasteiger partial charge in [0.25, 0.3) is 5.91 Å². The summed E-state index contributed by atoms with van der Waals surface area (Å²) in [4.78, 5) is 33.0. The predicted octanol–water partition coefficient (Wildman–Crippen LogP) is 0.381. The molecule has 0 aliphatic heterocycles. The molecule has 1 heterocycles. The number of carbonyl (C=O) groups excluding carboxylic acids is 2. The van der Waals surface area contributed by atoms with Crippen molar-refractivity contribution in [1.29, 1.82) is 0 Å².